The van der Waals surface area contributed by atoms with Gasteiger partial charge in [0.25, 0.3) is 0 Å². The van der Waals surface area contributed by atoms with Gasteiger partial charge in [-0.3, -0.25) is 9.56 Å². The van der Waals surface area contributed by atoms with Crippen LogP contribution in [-0.2, 0) is 0 Å². The van der Waals surface area contributed by atoms with E-state index >= 15 is 0 Å². The molecule has 0 amide bonds. The van der Waals surface area contributed by atoms with Crippen LogP contribution in [0.3, 0.4) is 0 Å². The highest BCUT2D eigenvalue weighted by molar-refractivity contribution is 9.10. The maximum Gasteiger partial charge on any atom is 0.181 e. The molecule has 0 bridgehead atoms. The number of aliphatic imine (C=N–C) groups is 1. The second-order valence-corrected chi connectivity index (χ2v) is 8.23. The molecule has 1 aliphatic rings. The zero-order chi connectivity index (χ0) is 20.1. The monoisotopic (exact) mass is 466 g/mol. The van der Waals surface area contributed by atoms with Crippen LogP contribution in [0.4, 0.5) is 0 Å². The van der Waals surface area contributed by atoms with Gasteiger partial charge < -0.3 is 4.42 Å². The third-order valence-electron chi connectivity index (χ3n) is 5.09. The van der Waals surface area contributed by atoms with Crippen molar-refractivity contribution in [3.05, 3.63) is 87.2 Å². The molecule has 3 heterocycles. The zero-order valence-electron chi connectivity index (χ0n) is 15.7. The molecule has 1 atom stereocenters. The van der Waals surface area contributed by atoms with E-state index in [4.69, 9.17) is 21.0 Å². The van der Waals surface area contributed by atoms with E-state index in [2.05, 4.69) is 49.5 Å². The smallest absolute Gasteiger partial charge is 0.181 e. The fourth-order valence-corrected chi connectivity index (χ4v) is 4.34. The van der Waals surface area contributed by atoms with Gasteiger partial charge in [0, 0.05) is 20.6 Å². The second-order valence-electron chi connectivity index (χ2n) is 6.91. The summed E-state index contributed by atoms with van der Waals surface area (Å²) in [6, 6.07) is 13.8. The number of fused-ring (bicyclic) bond motifs is 3. The normalized spacial score (nSPS) is 15.4. The number of nitrogens with zero attached hydrogens (tertiary/aromatic N) is 4. The molecule has 0 saturated heterocycles. The highest BCUT2D eigenvalue weighted by atomic mass is 79.9. The van der Waals surface area contributed by atoms with Crippen LogP contribution in [0.5, 0.6) is 0 Å². The largest absolute Gasteiger partial charge is 0.441 e. The Labute approximate surface area is 181 Å². The van der Waals surface area contributed by atoms with Gasteiger partial charge in [-0.1, -0.05) is 45.7 Å². The Kier molecular flexibility index (Phi) is 4.41. The van der Waals surface area contributed by atoms with Crippen LogP contribution in [0.25, 0.3) is 17.1 Å². The summed E-state index contributed by atoms with van der Waals surface area (Å²) in [6.07, 6.45) is 3.27. The summed E-state index contributed by atoms with van der Waals surface area (Å²) >= 11 is 10.1. The highest BCUT2D eigenvalue weighted by Gasteiger charge is 2.29. The number of hydrogen-bond acceptors (Lipinski definition) is 4. The van der Waals surface area contributed by atoms with Crippen molar-refractivity contribution in [2.24, 2.45) is 4.99 Å². The molecule has 1 aliphatic heterocycles. The van der Waals surface area contributed by atoms with Crippen LogP contribution in [0.2, 0.25) is 5.02 Å². The second kappa shape index (κ2) is 6.97. The SMILES string of the molecule is Cc1ncoc1-c1ncn2c1[C@@H](C)N=C(c1ccccc1Cl)c1cc(Br)ccc1-2. The topological polar surface area (TPSA) is 56.2 Å². The number of aromatic nitrogens is 3. The molecule has 5 nitrogen and oxygen atoms in total. The highest BCUT2D eigenvalue weighted by Crippen LogP contribution is 2.38. The first-order valence-corrected chi connectivity index (χ1v) is 10.3. The molecule has 0 unspecified atom stereocenters. The number of oxazole rings is 1. The fraction of sp³-hybridized carbons (Fsp3) is 0.136. The van der Waals surface area contributed by atoms with Crippen molar-refractivity contribution in [1.29, 1.82) is 0 Å². The minimum atomic E-state index is -0.172. The Bertz CT molecular complexity index is 1270. The summed E-state index contributed by atoms with van der Waals surface area (Å²) in [6.45, 7) is 3.97. The lowest BCUT2D eigenvalue weighted by molar-refractivity contribution is 0.567. The molecule has 4 aromatic rings. The summed E-state index contributed by atoms with van der Waals surface area (Å²) in [5.41, 5.74) is 6.23. The van der Waals surface area contributed by atoms with Crippen molar-refractivity contribution in [2.75, 3.05) is 0 Å². The van der Waals surface area contributed by atoms with E-state index in [0.717, 1.165) is 44.1 Å². The Hall–Kier alpha value is -2.70. The van der Waals surface area contributed by atoms with E-state index in [-0.39, 0.29) is 6.04 Å². The molecule has 0 N–H and O–H groups in total. The molecule has 0 radical (unpaired) electrons. The molecule has 2 aromatic carbocycles. The first-order valence-electron chi connectivity index (χ1n) is 9.15. The summed E-state index contributed by atoms with van der Waals surface area (Å²) in [7, 11) is 0. The molecule has 0 spiro atoms. The maximum absolute atomic E-state index is 6.55. The van der Waals surface area contributed by atoms with Gasteiger partial charge in [0.05, 0.1) is 28.8 Å². The predicted molar refractivity (Wildman–Crippen MR) is 117 cm³/mol. The van der Waals surface area contributed by atoms with Crippen LogP contribution in [0.15, 0.2) is 69.1 Å². The first-order chi connectivity index (χ1) is 14.0. The number of rotatable bonds is 2. The van der Waals surface area contributed by atoms with Crippen molar-refractivity contribution in [3.63, 3.8) is 0 Å². The quantitative estimate of drug-likeness (QED) is 0.354. The van der Waals surface area contributed by atoms with E-state index in [9.17, 15) is 0 Å². The minimum Gasteiger partial charge on any atom is -0.441 e. The average Bonchev–Trinajstić information content (AvgIpc) is 3.30. The van der Waals surface area contributed by atoms with Crippen LogP contribution in [-0.4, -0.2) is 20.2 Å². The molecular formula is C22H16BrClN4O. The van der Waals surface area contributed by atoms with Gasteiger partial charge in [-0.05, 0) is 38.1 Å². The third-order valence-corrected chi connectivity index (χ3v) is 5.91. The van der Waals surface area contributed by atoms with E-state index in [1.807, 2.05) is 43.6 Å². The van der Waals surface area contributed by atoms with E-state index < -0.39 is 0 Å². The first kappa shape index (κ1) is 18.3. The summed E-state index contributed by atoms with van der Waals surface area (Å²) < 4.78 is 8.69. The van der Waals surface area contributed by atoms with Gasteiger partial charge in [-0.15, -0.1) is 0 Å². The molecule has 5 rings (SSSR count). The van der Waals surface area contributed by atoms with E-state index in [1.54, 1.807) is 0 Å². The average molecular weight is 468 g/mol. The molecule has 2 aromatic heterocycles. The number of halogens is 2. The Morgan fingerprint density at radius 3 is 2.69 bits per heavy atom. The molecule has 0 fully saturated rings. The van der Waals surface area contributed by atoms with Gasteiger partial charge in [0.15, 0.2) is 12.2 Å². The predicted octanol–water partition coefficient (Wildman–Crippen LogP) is 6.16. The number of benzene rings is 2. The van der Waals surface area contributed by atoms with Crippen molar-refractivity contribution < 1.29 is 4.42 Å². The Morgan fingerprint density at radius 2 is 1.93 bits per heavy atom. The van der Waals surface area contributed by atoms with Gasteiger partial charge in [0.2, 0.25) is 0 Å². The van der Waals surface area contributed by atoms with Crippen molar-refractivity contribution in [3.8, 4) is 17.1 Å². The van der Waals surface area contributed by atoms with Crippen LogP contribution < -0.4 is 0 Å². The minimum absolute atomic E-state index is 0.172. The lowest BCUT2D eigenvalue weighted by Crippen LogP contribution is -2.07. The number of aryl methyl sites for hydroxylation is 1. The summed E-state index contributed by atoms with van der Waals surface area (Å²) in [4.78, 5) is 14.0. The lowest BCUT2D eigenvalue weighted by atomic mass is 10.0. The molecule has 7 heteroatoms. The van der Waals surface area contributed by atoms with Crippen molar-refractivity contribution >= 4 is 33.2 Å². The third kappa shape index (κ3) is 2.94. The van der Waals surface area contributed by atoms with Gasteiger partial charge in [0.1, 0.15) is 12.0 Å². The van der Waals surface area contributed by atoms with Crippen molar-refractivity contribution in [1.82, 2.24) is 14.5 Å². The number of hydrogen-bond donors (Lipinski definition) is 0. The van der Waals surface area contributed by atoms with Crippen LogP contribution >= 0.6 is 27.5 Å². The summed E-state index contributed by atoms with van der Waals surface area (Å²) in [5, 5.41) is 0.667. The Balaban J connectivity index is 1.82. The Morgan fingerprint density at radius 1 is 1.10 bits per heavy atom. The molecular weight excluding hydrogens is 452 g/mol. The van der Waals surface area contributed by atoms with Crippen molar-refractivity contribution in [2.45, 2.75) is 19.9 Å². The lowest BCUT2D eigenvalue weighted by Gasteiger charge is -2.13. The fourth-order valence-electron chi connectivity index (χ4n) is 3.75. The van der Waals surface area contributed by atoms with Crippen LogP contribution in [0, 0.1) is 6.92 Å². The molecule has 144 valence electrons. The van der Waals surface area contributed by atoms with Gasteiger partial charge >= 0.3 is 0 Å². The standard InChI is InChI=1S/C22H16BrClN4O/c1-12-21-20(22-13(2)26-11-29-22)25-10-28(21)18-8-7-14(23)9-16(18)19(27-12)15-5-3-4-6-17(15)24/h3-12H,1-2H3/t12-/m1/s1. The molecule has 0 aliphatic carbocycles. The molecule has 29 heavy (non-hydrogen) atoms. The van der Waals surface area contributed by atoms with E-state index in [1.165, 1.54) is 6.39 Å². The van der Waals surface area contributed by atoms with E-state index in [0.29, 0.717) is 10.8 Å². The van der Waals surface area contributed by atoms with Crippen LogP contribution in [0.1, 0.15) is 35.5 Å². The summed E-state index contributed by atoms with van der Waals surface area (Å²) in [5.74, 6) is 0.667. The van der Waals surface area contributed by atoms with Gasteiger partial charge in [-0.2, -0.15) is 0 Å². The molecule has 0 saturated carbocycles. The maximum atomic E-state index is 6.55. The number of imidazole rings is 1. The zero-order valence-corrected chi connectivity index (χ0v) is 18.1. The van der Waals surface area contributed by atoms with Gasteiger partial charge in [-0.25, -0.2) is 9.97 Å².